The van der Waals surface area contributed by atoms with Crippen molar-refractivity contribution in [3.05, 3.63) is 76.7 Å². The van der Waals surface area contributed by atoms with Gasteiger partial charge in [0.15, 0.2) is 5.78 Å². The van der Waals surface area contributed by atoms with E-state index in [-0.39, 0.29) is 34.9 Å². The fraction of sp³-hybridized carbons (Fsp3) is 0.296. The molecular formula is C27H24F4N2O4. The number of aromatic nitrogens is 1. The van der Waals surface area contributed by atoms with E-state index in [1.165, 1.54) is 49.3 Å². The number of likely N-dealkylation sites (N-methyl/N-ethyl adjacent to an activating group) is 1. The largest absolute Gasteiger partial charge is 0.494 e. The van der Waals surface area contributed by atoms with Crippen LogP contribution in [0.1, 0.15) is 40.0 Å². The minimum atomic E-state index is -5.16. The Bertz CT molecular complexity index is 1390. The van der Waals surface area contributed by atoms with E-state index < -0.39 is 41.9 Å². The normalized spacial score (nSPS) is 14.9. The highest BCUT2D eigenvalue weighted by molar-refractivity contribution is 6.04. The first-order valence-electron chi connectivity index (χ1n) is 11.4. The van der Waals surface area contributed by atoms with Crippen molar-refractivity contribution in [2.75, 3.05) is 19.1 Å². The number of methoxy groups -OCH3 is 1. The molecule has 10 heteroatoms. The molecule has 6 nitrogen and oxygen atoms in total. The third-order valence-electron chi connectivity index (χ3n) is 6.60. The third-order valence-corrected chi connectivity index (χ3v) is 6.60. The van der Waals surface area contributed by atoms with Gasteiger partial charge in [0, 0.05) is 30.3 Å². The summed E-state index contributed by atoms with van der Waals surface area (Å²) in [5, 5.41) is 10.9. The summed E-state index contributed by atoms with van der Waals surface area (Å²) in [7, 11) is 2.87. The maximum Gasteiger partial charge on any atom is 0.422 e. The van der Waals surface area contributed by atoms with Crippen molar-refractivity contribution < 1.29 is 37.0 Å². The van der Waals surface area contributed by atoms with Crippen molar-refractivity contribution in [1.29, 1.82) is 0 Å². The smallest absolute Gasteiger partial charge is 0.422 e. The molecule has 0 radical (unpaired) electrons. The number of rotatable bonds is 7. The highest BCUT2D eigenvalue weighted by atomic mass is 19.4. The zero-order valence-corrected chi connectivity index (χ0v) is 20.3. The molecule has 2 heterocycles. The number of anilines is 1. The number of nitrogens with zero attached hydrogens (tertiary/aromatic N) is 2. The van der Waals surface area contributed by atoms with Crippen LogP contribution in [0, 0.1) is 12.7 Å². The summed E-state index contributed by atoms with van der Waals surface area (Å²) in [5.41, 5.74) is -2.23. The van der Waals surface area contributed by atoms with Crippen LogP contribution >= 0.6 is 0 Å². The van der Waals surface area contributed by atoms with E-state index >= 15 is 0 Å². The summed E-state index contributed by atoms with van der Waals surface area (Å²) in [5.74, 6) is -1.14. The van der Waals surface area contributed by atoms with Crippen LogP contribution in [0.15, 0.2) is 48.5 Å². The minimum absolute atomic E-state index is 0.0107. The molecule has 0 bridgehead atoms. The molecule has 1 atom stereocenters. The van der Waals surface area contributed by atoms with Crippen molar-refractivity contribution in [2.24, 2.45) is 0 Å². The lowest BCUT2D eigenvalue weighted by molar-refractivity contribution is -0.270. The van der Waals surface area contributed by atoms with Gasteiger partial charge in [0.1, 0.15) is 17.3 Å². The molecule has 1 aliphatic heterocycles. The van der Waals surface area contributed by atoms with Gasteiger partial charge in [-0.05, 0) is 60.9 Å². The van der Waals surface area contributed by atoms with Crippen molar-refractivity contribution in [3.8, 4) is 17.0 Å². The minimum Gasteiger partial charge on any atom is -0.494 e. The van der Waals surface area contributed by atoms with Crippen LogP contribution in [0.5, 0.6) is 5.75 Å². The lowest BCUT2D eigenvalue weighted by Gasteiger charge is -2.30. The first-order valence-corrected chi connectivity index (χ1v) is 11.4. The van der Waals surface area contributed by atoms with Gasteiger partial charge in [0.05, 0.1) is 19.2 Å². The number of carbonyl (C=O) groups excluding carboxylic acids is 2. The maximum absolute atomic E-state index is 14.2. The van der Waals surface area contributed by atoms with Crippen LogP contribution in [0.25, 0.3) is 11.3 Å². The predicted molar refractivity (Wildman–Crippen MR) is 128 cm³/mol. The standard InChI is InChI=1S/C27H24F4N2O4/c1-15-12-18(6-7-19(15)28)25-22(37-3)8-9-23(32-25)26(36,27(29,30)31)11-10-21(34)17-5-4-16-14-24(35)33(2)20(16)13-17/h4-9,12-13,36H,10-11,14H2,1-3H3. The molecule has 0 saturated heterocycles. The number of carbonyl (C=O) groups is 2. The zero-order chi connectivity index (χ0) is 27.1. The van der Waals surface area contributed by atoms with Gasteiger partial charge >= 0.3 is 6.18 Å². The summed E-state index contributed by atoms with van der Waals surface area (Å²) >= 11 is 0. The van der Waals surface area contributed by atoms with Crippen molar-refractivity contribution in [1.82, 2.24) is 4.98 Å². The van der Waals surface area contributed by atoms with E-state index in [4.69, 9.17) is 4.74 Å². The molecule has 1 unspecified atom stereocenters. The molecule has 4 rings (SSSR count). The third kappa shape index (κ3) is 4.81. The highest BCUT2D eigenvalue weighted by Gasteiger charge is 2.56. The number of fused-ring (bicyclic) bond motifs is 1. The number of aryl methyl sites for hydroxylation is 1. The predicted octanol–water partition coefficient (Wildman–Crippen LogP) is 5.14. The second-order valence-electron chi connectivity index (χ2n) is 8.97. The maximum atomic E-state index is 14.2. The molecule has 2 aromatic carbocycles. The number of aliphatic hydroxyl groups is 1. The van der Waals surface area contributed by atoms with Gasteiger partial charge in [0.25, 0.3) is 0 Å². The molecule has 0 fully saturated rings. The van der Waals surface area contributed by atoms with Gasteiger partial charge in [-0.25, -0.2) is 9.37 Å². The van der Waals surface area contributed by atoms with Gasteiger partial charge in [-0.1, -0.05) is 12.1 Å². The van der Waals surface area contributed by atoms with E-state index in [0.717, 1.165) is 17.7 Å². The van der Waals surface area contributed by atoms with E-state index in [1.807, 2.05) is 0 Å². The molecule has 194 valence electrons. The second kappa shape index (κ2) is 9.59. The zero-order valence-electron chi connectivity index (χ0n) is 20.3. The molecule has 0 spiro atoms. The van der Waals surface area contributed by atoms with Crippen molar-refractivity contribution in [3.63, 3.8) is 0 Å². The highest BCUT2D eigenvalue weighted by Crippen LogP contribution is 2.44. The molecule has 1 N–H and O–H groups in total. The summed E-state index contributed by atoms with van der Waals surface area (Å²) in [6, 6.07) is 10.7. The molecular weight excluding hydrogens is 492 g/mol. The summed E-state index contributed by atoms with van der Waals surface area (Å²) in [6.45, 7) is 1.50. The Morgan fingerprint density at radius 2 is 1.86 bits per heavy atom. The van der Waals surface area contributed by atoms with Gasteiger partial charge in [0.2, 0.25) is 11.5 Å². The summed E-state index contributed by atoms with van der Waals surface area (Å²) < 4.78 is 61.7. The number of benzene rings is 2. The Morgan fingerprint density at radius 3 is 2.51 bits per heavy atom. The molecule has 0 saturated carbocycles. The molecule has 1 aliphatic rings. The Balaban J connectivity index is 1.66. The average Bonchev–Trinajstić information content (AvgIpc) is 3.15. The molecule has 1 aromatic heterocycles. The van der Waals surface area contributed by atoms with E-state index in [9.17, 15) is 32.3 Å². The number of alkyl halides is 3. The van der Waals surface area contributed by atoms with E-state index in [1.54, 1.807) is 13.1 Å². The van der Waals surface area contributed by atoms with Gasteiger partial charge in [-0.3, -0.25) is 9.59 Å². The van der Waals surface area contributed by atoms with Crippen molar-refractivity contribution >= 4 is 17.4 Å². The van der Waals surface area contributed by atoms with Gasteiger partial charge in [-0.15, -0.1) is 0 Å². The number of pyridine rings is 1. The fourth-order valence-corrected chi connectivity index (χ4v) is 4.31. The lowest BCUT2D eigenvalue weighted by Crippen LogP contribution is -2.43. The van der Waals surface area contributed by atoms with Crippen LogP contribution in [-0.4, -0.2) is 42.1 Å². The number of hydrogen-bond donors (Lipinski definition) is 1. The Kier molecular flexibility index (Phi) is 6.81. The number of Topliss-reactive ketones (excluding diaryl/α,β-unsaturated/α-hetero) is 1. The summed E-state index contributed by atoms with van der Waals surface area (Å²) in [6.07, 6.45) is -6.59. The van der Waals surface area contributed by atoms with Crippen molar-refractivity contribution in [2.45, 2.75) is 38.0 Å². The molecule has 0 aliphatic carbocycles. The first kappa shape index (κ1) is 26.3. The Labute approximate surface area is 210 Å². The lowest BCUT2D eigenvalue weighted by atomic mass is 9.89. The van der Waals surface area contributed by atoms with E-state index in [0.29, 0.717) is 11.3 Å². The van der Waals surface area contributed by atoms with Crippen LogP contribution in [0.2, 0.25) is 0 Å². The van der Waals surface area contributed by atoms with Crippen LogP contribution < -0.4 is 9.64 Å². The number of ether oxygens (including phenoxy) is 1. The summed E-state index contributed by atoms with van der Waals surface area (Å²) in [4.78, 5) is 30.2. The number of amides is 1. The fourth-order valence-electron chi connectivity index (χ4n) is 4.31. The molecule has 1 amide bonds. The first-order chi connectivity index (χ1) is 17.4. The number of hydrogen-bond acceptors (Lipinski definition) is 5. The topological polar surface area (TPSA) is 79.7 Å². The molecule has 3 aromatic rings. The van der Waals surface area contributed by atoms with Gasteiger partial charge < -0.3 is 14.7 Å². The van der Waals surface area contributed by atoms with Gasteiger partial charge in [-0.2, -0.15) is 13.2 Å². The second-order valence-corrected chi connectivity index (χ2v) is 8.97. The average molecular weight is 516 g/mol. The van der Waals surface area contributed by atoms with Crippen LogP contribution in [0.4, 0.5) is 23.2 Å². The van der Waals surface area contributed by atoms with Crippen LogP contribution in [0.3, 0.4) is 0 Å². The number of ketones is 1. The Morgan fingerprint density at radius 1 is 1.14 bits per heavy atom. The Hall–Kier alpha value is -3.79. The number of halogens is 4. The van der Waals surface area contributed by atoms with E-state index in [2.05, 4.69) is 4.98 Å². The molecule has 37 heavy (non-hydrogen) atoms. The quantitative estimate of drug-likeness (QED) is 0.348. The SMILES string of the molecule is COc1ccc(C(O)(CCC(=O)c2ccc3c(c2)N(C)C(=O)C3)C(F)(F)F)nc1-c1ccc(F)c(C)c1. The monoisotopic (exact) mass is 516 g/mol. The van der Waals surface area contributed by atoms with Crippen LogP contribution in [-0.2, 0) is 16.8 Å².